The van der Waals surface area contributed by atoms with Crippen LogP contribution >= 0.6 is 11.3 Å². The largest absolute Gasteiger partial charge is 0.484 e. The smallest absolute Gasteiger partial charge is 0.174 e. The van der Waals surface area contributed by atoms with Crippen LogP contribution in [0.2, 0.25) is 0 Å². The van der Waals surface area contributed by atoms with Crippen molar-refractivity contribution >= 4 is 17.0 Å². The summed E-state index contributed by atoms with van der Waals surface area (Å²) in [6.45, 7) is 6.60. The number of hydrogen-bond acceptors (Lipinski definition) is 4. The highest BCUT2D eigenvalue weighted by Gasteiger charge is 2.12. The van der Waals surface area contributed by atoms with Crippen LogP contribution in [0.25, 0.3) is 0 Å². The highest BCUT2D eigenvalue weighted by Crippen LogP contribution is 2.26. The number of oxime groups is 1. The molecule has 14 heavy (non-hydrogen) atoms. The monoisotopic (exact) mass is 213 g/mol. The molecule has 1 aromatic rings. The Morgan fingerprint density at radius 2 is 2.29 bits per heavy atom. The molecule has 1 rings (SSSR count). The minimum atomic E-state index is 0.216. The molecule has 0 saturated carbocycles. The predicted octanol–water partition coefficient (Wildman–Crippen LogP) is 2.98. The lowest BCUT2D eigenvalue weighted by Gasteiger charge is -2.04. The van der Waals surface area contributed by atoms with E-state index >= 15 is 0 Å². The molecule has 78 valence electrons. The Bertz CT molecular complexity index is 318. The van der Waals surface area contributed by atoms with Crippen LogP contribution in [0.3, 0.4) is 0 Å². The van der Waals surface area contributed by atoms with Crippen molar-refractivity contribution in [2.24, 2.45) is 11.1 Å². The van der Waals surface area contributed by atoms with Crippen LogP contribution in [-0.4, -0.2) is 17.5 Å². The Morgan fingerprint density at radius 3 is 2.79 bits per heavy atom. The van der Waals surface area contributed by atoms with Gasteiger partial charge in [0.2, 0.25) is 0 Å². The number of thiophene rings is 1. The van der Waals surface area contributed by atoms with Crippen LogP contribution < -0.4 is 4.74 Å². The van der Waals surface area contributed by atoms with E-state index in [1.165, 1.54) is 11.3 Å². The van der Waals surface area contributed by atoms with Gasteiger partial charge in [-0.05, 0) is 19.1 Å². The first-order valence-electron chi connectivity index (χ1n) is 4.64. The average molecular weight is 213 g/mol. The maximum absolute atomic E-state index is 8.84. The average Bonchev–Trinajstić information content (AvgIpc) is 2.54. The molecule has 1 heterocycles. The molecule has 0 saturated heterocycles. The fourth-order valence-corrected chi connectivity index (χ4v) is 2.17. The summed E-state index contributed by atoms with van der Waals surface area (Å²) in [5.41, 5.74) is 0.709. The Hall–Kier alpha value is -1.03. The van der Waals surface area contributed by atoms with Crippen molar-refractivity contribution in [3.05, 3.63) is 17.0 Å². The lowest BCUT2D eigenvalue weighted by molar-refractivity contribution is 0.316. The summed E-state index contributed by atoms with van der Waals surface area (Å²) < 4.78 is 5.34. The van der Waals surface area contributed by atoms with Crippen molar-refractivity contribution in [2.45, 2.75) is 20.8 Å². The van der Waals surface area contributed by atoms with E-state index < -0.39 is 0 Å². The SMILES string of the molecule is CCOc1ccc(C(=NO)C(C)C)s1. The summed E-state index contributed by atoms with van der Waals surface area (Å²) in [4.78, 5) is 0.964. The van der Waals surface area contributed by atoms with Crippen LogP contribution in [0.5, 0.6) is 5.06 Å². The molecule has 0 aliphatic carbocycles. The first-order valence-corrected chi connectivity index (χ1v) is 5.45. The zero-order valence-corrected chi connectivity index (χ0v) is 9.47. The van der Waals surface area contributed by atoms with Gasteiger partial charge in [-0.2, -0.15) is 0 Å². The summed E-state index contributed by atoms with van der Waals surface area (Å²) >= 11 is 1.51. The second-order valence-electron chi connectivity index (χ2n) is 3.19. The third-order valence-electron chi connectivity index (χ3n) is 1.77. The Labute approximate surface area is 88.0 Å². The predicted molar refractivity (Wildman–Crippen MR) is 58.6 cm³/mol. The summed E-state index contributed by atoms with van der Waals surface area (Å²) in [7, 11) is 0. The fraction of sp³-hybridized carbons (Fsp3) is 0.500. The van der Waals surface area contributed by atoms with Gasteiger partial charge in [-0.1, -0.05) is 30.3 Å². The van der Waals surface area contributed by atoms with Crippen LogP contribution in [0, 0.1) is 5.92 Å². The maximum atomic E-state index is 8.84. The second kappa shape index (κ2) is 5.00. The van der Waals surface area contributed by atoms with E-state index in [0.29, 0.717) is 12.3 Å². The van der Waals surface area contributed by atoms with Gasteiger partial charge in [0.25, 0.3) is 0 Å². The van der Waals surface area contributed by atoms with E-state index in [2.05, 4.69) is 5.16 Å². The molecule has 1 aromatic heterocycles. The summed E-state index contributed by atoms with van der Waals surface area (Å²) in [5, 5.41) is 13.0. The summed E-state index contributed by atoms with van der Waals surface area (Å²) in [5.74, 6) is 0.216. The Kier molecular flexibility index (Phi) is 3.95. The third-order valence-corrected chi connectivity index (χ3v) is 2.80. The van der Waals surface area contributed by atoms with Gasteiger partial charge >= 0.3 is 0 Å². The molecule has 1 N–H and O–H groups in total. The van der Waals surface area contributed by atoms with Crippen molar-refractivity contribution in [1.82, 2.24) is 0 Å². The lowest BCUT2D eigenvalue weighted by atomic mass is 10.1. The van der Waals surface area contributed by atoms with Crippen molar-refractivity contribution < 1.29 is 9.94 Å². The van der Waals surface area contributed by atoms with E-state index in [4.69, 9.17) is 9.94 Å². The highest BCUT2D eigenvalue weighted by atomic mass is 32.1. The van der Waals surface area contributed by atoms with E-state index in [0.717, 1.165) is 9.94 Å². The fourth-order valence-electron chi connectivity index (χ4n) is 1.13. The summed E-state index contributed by atoms with van der Waals surface area (Å²) in [6, 6.07) is 3.82. The van der Waals surface area contributed by atoms with E-state index in [-0.39, 0.29) is 5.92 Å². The van der Waals surface area contributed by atoms with Crippen LogP contribution in [0.4, 0.5) is 0 Å². The van der Waals surface area contributed by atoms with Gasteiger partial charge in [-0.15, -0.1) is 0 Å². The maximum Gasteiger partial charge on any atom is 0.174 e. The van der Waals surface area contributed by atoms with Crippen LogP contribution in [0.15, 0.2) is 17.3 Å². The standard InChI is InChI=1S/C10H15NO2S/c1-4-13-9-6-5-8(14-9)10(11-12)7(2)3/h5-7,12H,4H2,1-3H3. The molecular formula is C10H15NO2S. The first kappa shape index (κ1) is 11.0. The normalized spacial score (nSPS) is 12.1. The molecule has 0 spiro atoms. The van der Waals surface area contributed by atoms with Gasteiger partial charge in [0.1, 0.15) is 0 Å². The second-order valence-corrected chi connectivity index (χ2v) is 4.24. The van der Waals surface area contributed by atoms with Crippen molar-refractivity contribution in [2.75, 3.05) is 6.61 Å². The topological polar surface area (TPSA) is 41.8 Å². The van der Waals surface area contributed by atoms with E-state index in [9.17, 15) is 0 Å². The molecule has 4 heteroatoms. The number of hydrogen-bond donors (Lipinski definition) is 1. The van der Waals surface area contributed by atoms with Crippen LogP contribution in [-0.2, 0) is 0 Å². The molecule has 0 bridgehead atoms. The zero-order chi connectivity index (χ0) is 10.6. The minimum absolute atomic E-state index is 0.216. The Morgan fingerprint density at radius 1 is 1.57 bits per heavy atom. The molecule has 0 unspecified atom stereocenters. The van der Waals surface area contributed by atoms with Gasteiger partial charge in [-0.3, -0.25) is 0 Å². The molecular weight excluding hydrogens is 198 g/mol. The third kappa shape index (κ3) is 2.48. The molecule has 0 radical (unpaired) electrons. The minimum Gasteiger partial charge on any atom is -0.484 e. The highest BCUT2D eigenvalue weighted by molar-refractivity contribution is 7.15. The van der Waals surface area contributed by atoms with Crippen molar-refractivity contribution in [1.29, 1.82) is 0 Å². The molecule has 0 atom stereocenters. The molecule has 0 aliphatic heterocycles. The van der Waals surface area contributed by atoms with Gasteiger partial charge in [0.05, 0.1) is 17.2 Å². The first-order chi connectivity index (χ1) is 6.69. The molecule has 0 aliphatic rings. The van der Waals surface area contributed by atoms with Gasteiger partial charge in [0, 0.05) is 5.92 Å². The molecule has 0 amide bonds. The van der Waals surface area contributed by atoms with Gasteiger partial charge in [-0.25, -0.2) is 0 Å². The Balaban J connectivity index is 2.85. The van der Waals surface area contributed by atoms with Gasteiger partial charge < -0.3 is 9.94 Å². The number of nitrogens with zero attached hydrogens (tertiary/aromatic N) is 1. The number of rotatable bonds is 4. The molecule has 3 nitrogen and oxygen atoms in total. The van der Waals surface area contributed by atoms with Gasteiger partial charge in [0.15, 0.2) is 5.06 Å². The van der Waals surface area contributed by atoms with Crippen molar-refractivity contribution in [3.8, 4) is 5.06 Å². The molecule has 0 aromatic carbocycles. The van der Waals surface area contributed by atoms with Crippen LogP contribution in [0.1, 0.15) is 25.6 Å². The summed E-state index contributed by atoms with van der Waals surface area (Å²) in [6.07, 6.45) is 0. The van der Waals surface area contributed by atoms with Crippen molar-refractivity contribution in [3.63, 3.8) is 0 Å². The molecule has 0 fully saturated rings. The quantitative estimate of drug-likeness (QED) is 0.474. The zero-order valence-electron chi connectivity index (χ0n) is 8.65. The number of ether oxygens (including phenoxy) is 1. The van der Waals surface area contributed by atoms with E-state index in [1.807, 2.05) is 32.9 Å². The van der Waals surface area contributed by atoms with E-state index in [1.54, 1.807) is 0 Å². The lowest BCUT2D eigenvalue weighted by Crippen LogP contribution is -2.06.